The molecule has 3 saturated carbocycles. The van der Waals surface area contributed by atoms with Gasteiger partial charge in [0.25, 0.3) is 0 Å². The molecule has 4 aliphatic heterocycles. The maximum absolute atomic E-state index is 14.4. The van der Waals surface area contributed by atoms with E-state index in [1.165, 1.54) is 5.57 Å². The summed E-state index contributed by atoms with van der Waals surface area (Å²) in [6.45, 7) is 17.7. The second-order valence-electron chi connectivity index (χ2n) is 14.3. The van der Waals surface area contributed by atoms with Crippen LogP contribution in [0.3, 0.4) is 0 Å². The lowest BCUT2D eigenvalue weighted by Crippen LogP contribution is -2.87. The quantitative estimate of drug-likeness (QED) is 0.556. The molecule has 3 spiro atoms. The third-order valence-electron chi connectivity index (χ3n) is 10.8. The fourth-order valence-corrected chi connectivity index (χ4v) is 10.1. The first-order chi connectivity index (χ1) is 17.3. The third-order valence-corrected chi connectivity index (χ3v) is 10.8. The zero-order valence-corrected chi connectivity index (χ0v) is 23.1. The Kier molecular flexibility index (Phi) is 4.87. The van der Waals surface area contributed by atoms with Gasteiger partial charge in [0, 0.05) is 18.3 Å². The molecule has 0 radical (unpaired) electrons. The minimum Gasteiger partial charge on any atom is -0.469 e. The van der Waals surface area contributed by atoms with Crippen LogP contribution in [0.15, 0.2) is 23.5 Å². The van der Waals surface area contributed by atoms with Crippen LogP contribution in [-0.4, -0.2) is 54.2 Å². The molecule has 37 heavy (non-hydrogen) atoms. The van der Waals surface area contributed by atoms with Crippen molar-refractivity contribution in [3.63, 3.8) is 0 Å². The number of rotatable bonds is 3. The van der Waals surface area contributed by atoms with Gasteiger partial charge < -0.3 is 28.8 Å². The second-order valence-corrected chi connectivity index (χ2v) is 14.3. The number of allylic oxidation sites excluding steroid dienone is 1. The number of Topliss-reactive ketones (excluding diaryl/α,β-unsaturated/α-hetero) is 1. The molecule has 7 heteroatoms. The topological polar surface area (TPSA) is 83.5 Å². The molecule has 204 valence electrons. The van der Waals surface area contributed by atoms with Crippen molar-refractivity contribution < 1.29 is 33.6 Å². The highest BCUT2D eigenvalue weighted by Gasteiger charge is 2.90. The molecular weight excluding hydrogens is 472 g/mol. The maximum atomic E-state index is 14.4. The molecular formula is C30H42O7. The Morgan fingerprint density at radius 3 is 2.65 bits per heavy atom. The van der Waals surface area contributed by atoms with Crippen LogP contribution in [0.4, 0.5) is 0 Å². The minimum absolute atomic E-state index is 0.0500. The number of carbonyl (C=O) groups is 1. The van der Waals surface area contributed by atoms with E-state index in [4.69, 9.17) is 23.7 Å². The fraction of sp³-hybridized carbons (Fsp3) is 0.833. The number of aliphatic hydroxyl groups is 1. The number of carbonyl (C=O) groups excluding carboxylic acids is 1. The molecule has 4 aliphatic carbocycles. The van der Waals surface area contributed by atoms with Crippen LogP contribution in [0.2, 0.25) is 0 Å². The van der Waals surface area contributed by atoms with Crippen LogP contribution in [0.5, 0.6) is 0 Å². The van der Waals surface area contributed by atoms with Crippen LogP contribution in [0, 0.1) is 39.9 Å². The van der Waals surface area contributed by atoms with Crippen molar-refractivity contribution in [3.05, 3.63) is 23.5 Å². The van der Waals surface area contributed by atoms with Crippen molar-refractivity contribution in [2.75, 3.05) is 13.2 Å². The van der Waals surface area contributed by atoms with Crippen molar-refractivity contribution in [1.29, 1.82) is 0 Å². The molecule has 3 saturated heterocycles. The molecule has 7 nitrogen and oxygen atoms in total. The highest BCUT2D eigenvalue weighted by Crippen LogP contribution is 2.80. The van der Waals surface area contributed by atoms with Gasteiger partial charge in [0.1, 0.15) is 17.3 Å². The van der Waals surface area contributed by atoms with E-state index in [-0.39, 0.29) is 35.2 Å². The van der Waals surface area contributed by atoms with Crippen LogP contribution in [-0.2, 0) is 28.5 Å². The lowest BCUT2D eigenvalue weighted by atomic mass is 9.36. The second kappa shape index (κ2) is 7.28. The molecule has 1 N–H and O–H groups in total. The van der Waals surface area contributed by atoms with E-state index in [0.717, 1.165) is 37.9 Å². The normalized spacial score (nSPS) is 50.5. The predicted octanol–water partition coefficient (Wildman–Crippen LogP) is 4.49. The van der Waals surface area contributed by atoms with Gasteiger partial charge >= 0.3 is 0 Å². The molecule has 9 atom stereocenters. The van der Waals surface area contributed by atoms with Crippen molar-refractivity contribution in [2.45, 2.75) is 104 Å². The maximum Gasteiger partial charge on any atom is 0.213 e. The summed E-state index contributed by atoms with van der Waals surface area (Å²) in [5, 5.41) is 12.5. The Balaban J connectivity index is 1.44. The van der Waals surface area contributed by atoms with Gasteiger partial charge in [-0.2, -0.15) is 0 Å². The summed E-state index contributed by atoms with van der Waals surface area (Å²) in [5.41, 5.74) is -0.153. The Hall–Kier alpha value is -1.25. The highest BCUT2D eigenvalue weighted by molar-refractivity contribution is 6.05. The Bertz CT molecular complexity index is 1110. The van der Waals surface area contributed by atoms with Gasteiger partial charge in [0.2, 0.25) is 5.79 Å². The largest absolute Gasteiger partial charge is 0.469 e. The van der Waals surface area contributed by atoms with E-state index in [2.05, 4.69) is 34.3 Å². The molecule has 0 amide bonds. The Labute approximate surface area is 219 Å². The average molecular weight is 515 g/mol. The molecule has 0 unspecified atom stereocenters. The van der Waals surface area contributed by atoms with Crippen LogP contribution in [0.25, 0.3) is 0 Å². The first kappa shape index (κ1) is 24.8. The summed E-state index contributed by atoms with van der Waals surface area (Å²) in [7, 11) is 0. The van der Waals surface area contributed by atoms with E-state index in [1.807, 2.05) is 13.8 Å². The number of hydrogen-bond acceptors (Lipinski definition) is 7. The predicted molar refractivity (Wildman–Crippen MR) is 134 cm³/mol. The Morgan fingerprint density at radius 2 is 1.92 bits per heavy atom. The molecule has 0 aromatic heterocycles. The van der Waals surface area contributed by atoms with Crippen molar-refractivity contribution >= 4 is 5.78 Å². The summed E-state index contributed by atoms with van der Waals surface area (Å²) in [6, 6.07) is 0. The summed E-state index contributed by atoms with van der Waals surface area (Å²) in [4.78, 5) is 14.4. The first-order valence-electron chi connectivity index (χ1n) is 14.3. The monoisotopic (exact) mass is 514 g/mol. The van der Waals surface area contributed by atoms with E-state index in [0.29, 0.717) is 24.7 Å². The van der Waals surface area contributed by atoms with Gasteiger partial charge in [-0.15, -0.1) is 0 Å². The first-order valence-corrected chi connectivity index (χ1v) is 14.3. The van der Waals surface area contributed by atoms with Crippen molar-refractivity contribution in [2.24, 2.45) is 39.9 Å². The molecule has 8 rings (SSSR count). The summed E-state index contributed by atoms with van der Waals surface area (Å²) in [6.07, 6.45) is 2.41. The molecule has 0 aromatic carbocycles. The zero-order valence-electron chi connectivity index (χ0n) is 23.1. The van der Waals surface area contributed by atoms with E-state index in [9.17, 15) is 9.90 Å². The average Bonchev–Trinajstić information content (AvgIpc) is 2.92. The van der Waals surface area contributed by atoms with Crippen molar-refractivity contribution in [3.8, 4) is 0 Å². The van der Waals surface area contributed by atoms with Gasteiger partial charge in [0.05, 0.1) is 24.7 Å². The standard InChI is InChI=1S/C30H42O7/c1-15(2)13-33-20-11-8-17-12-26(4,5)21-23(32)30-29-19(28(21,14-34-30)24(17)35-20)10-9-18(16(3)22(29)31)25(29)36-27(6,7)37-30/h15,18-21,23,25,32H,3,8-14H2,1-2,4-7H3/t18-,19-,20+,21+,23-,25+,28-,29-,30-/m0/s1. The van der Waals surface area contributed by atoms with Gasteiger partial charge in [-0.05, 0) is 67.9 Å². The lowest BCUT2D eigenvalue weighted by molar-refractivity contribution is -0.527. The van der Waals surface area contributed by atoms with Gasteiger partial charge in [-0.3, -0.25) is 4.79 Å². The number of ether oxygens (including phenoxy) is 5. The number of ketones is 1. The third kappa shape index (κ3) is 2.69. The van der Waals surface area contributed by atoms with E-state index >= 15 is 0 Å². The van der Waals surface area contributed by atoms with Crippen molar-refractivity contribution in [1.82, 2.24) is 0 Å². The van der Waals surface area contributed by atoms with Crippen LogP contribution in [0.1, 0.15) is 73.6 Å². The Morgan fingerprint density at radius 1 is 1.16 bits per heavy atom. The smallest absolute Gasteiger partial charge is 0.213 e. The highest BCUT2D eigenvalue weighted by atomic mass is 16.8. The van der Waals surface area contributed by atoms with E-state index < -0.39 is 34.6 Å². The summed E-state index contributed by atoms with van der Waals surface area (Å²) in [5.74, 6) is -1.63. The van der Waals surface area contributed by atoms with E-state index in [1.54, 1.807) is 0 Å². The van der Waals surface area contributed by atoms with Gasteiger partial charge in [-0.1, -0.05) is 34.3 Å². The fourth-order valence-electron chi connectivity index (χ4n) is 10.1. The number of aliphatic hydroxyl groups excluding tert-OH is 1. The summed E-state index contributed by atoms with van der Waals surface area (Å²) >= 11 is 0. The van der Waals surface area contributed by atoms with Gasteiger partial charge in [-0.25, -0.2) is 0 Å². The molecule has 0 aromatic rings. The minimum atomic E-state index is -1.47. The SMILES string of the molecule is C=C1C(=O)[C@@]23[C@@H]4OC(C)(C)O[C@]25OC[C@]2(C6=C(CC[C@H](OCC(C)C)O6)CC(C)(C)[C@H]2[C@@H]5O)[C@@H]3CC[C@@H]14. The summed E-state index contributed by atoms with van der Waals surface area (Å²) < 4.78 is 33.0. The molecule has 8 aliphatic rings. The zero-order chi connectivity index (χ0) is 26.3. The molecule has 6 fully saturated rings. The van der Waals surface area contributed by atoms with Crippen LogP contribution >= 0.6 is 0 Å². The number of fused-ring (bicyclic) bond motifs is 1. The molecule has 4 bridgehead atoms. The number of hydrogen-bond donors (Lipinski definition) is 1. The molecule has 4 heterocycles. The van der Waals surface area contributed by atoms with Gasteiger partial charge in [0.15, 0.2) is 17.9 Å². The lowest BCUT2D eigenvalue weighted by Gasteiger charge is -2.77. The van der Waals surface area contributed by atoms with Crippen LogP contribution < -0.4 is 0 Å².